The third kappa shape index (κ3) is 8.82. The average molecular weight is 687 g/mol. The van der Waals surface area contributed by atoms with E-state index in [0.29, 0.717) is 39.5 Å². The summed E-state index contributed by atoms with van der Waals surface area (Å²) in [5, 5.41) is 6.01. The molecule has 0 spiro atoms. The fraction of sp³-hybridized carbons (Fsp3) is 0.182. The maximum Gasteiger partial charge on any atom is 0.394 e. The molecule has 0 bridgehead atoms. The summed E-state index contributed by atoms with van der Waals surface area (Å²) in [5.74, 6) is 0.549. The number of likely N-dealkylation sites (N-methyl/N-ethyl adjacent to an activating group) is 1. The van der Waals surface area contributed by atoms with E-state index in [4.69, 9.17) is 27.2 Å². The van der Waals surface area contributed by atoms with E-state index >= 15 is 0 Å². The monoisotopic (exact) mass is 686 g/mol. The number of carbonyl (C=O) groups excluding carboxylic acids is 1. The number of benzene rings is 3. The number of ether oxygens (including phenoxy) is 1. The number of hydrogen-bond donors (Lipinski definition) is 4. The number of aromatic nitrogens is 4. The average Bonchev–Trinajstić information content (AvgIpc) is 3.08. The molecule has 1 aliphatic heterocycles. The van der Waals surface area contributed by atoms with Gasteiger partial charge in [0.15, 0.2) is 5.65 Å². The molecule has 0 saturated carbocycles. The van der Waals surface area contributed by atoms with Crippen molar-refractivity contribution in [1.82, 2.24) is 24.4 Å². The van der Waals surface area contributed by atoms with Gasteiger partial charge in [0.2, 0.25) is 11.9 Å². The van der Waals surface area contributed by atoms with Crippen molar-refractivity contribution >= 4 is 50.5 Å². The highest BCUT2D eigenvalue weighted by atomic mass is 32.3. The predicted molar refractivity (Wildman–Crippen MR) is 187 cm³/mol. The van der Waals surface area contributed by atoms with E-state index in [0.717, 1.165) is 31.9 Å². The lowest BCUT2D eigenvalue weighted by atomic mass is 10.1. The Morgan fingerprint density at radius 2 is 1.67 bits per heavy atom. The molecule has 4 N–H and O–H groups in total. The van der Waals surface area contributed by atoms with Crippen LogP contribution >= 0.6 is 0 Å². The van der Waals surface area contributed by atoms with Crippen molar-refractivity contribution in [2.45, 2.75) is 0 Å². The lowest BCUT2D eigenvalue weighted by molar-refractivity contribution is -0.111. The van der Waals surface area contributed by atoms with E-state index < -0.39 is 10.4 Å². The van der Waals surface area contributed by atoms with Gasteiger partial charge in [-0.05, 0) is 43.5 Å². The molecule has 1 saturated heterocycles. The Morgan fingerprint density at radius 1 is 0.959 bits per heavy atom. The van der Waals surface area contributed by atoms with Crippen LogP contribution in [0.4, 0.5) is 23.0 Å². The van der Waals surface area contributed by atoms with Gasteiger partial charge in [-0.1, -0.05) is 43.0 Å². The minimum absolute atomic E-state index is 0.254. The molecule has 3 heterocycles. The minimum Gasteiger partial charge on any atom is -0.494 e. The lowest BCUT2D eigenvalue weighted by Crippen LogP contribution is -2.44. The Morgan fingerprint density at radius 3 is 2.35 bits per heavy atom. The standard InChI is InChI=1S/C33H32N8O3.H2O4S/c1-4-29(42)35-23-11-8-12-25(19-23)41-31-27(36-30(32(41)43)22-9-6-5-7-10-22)21-34-33(38-31)37-26-14-13-24(20-28(26)44-3)40-17-15-39(2)16-18-40;1-5(2,3)4/h4-14,19-21H,1,15-18H2,2-3H3,(H,35,42)(H,34,37,38);(H2,1,2,3,4). The smallest absolute Gasteiger partial charge is 0.394 e. The topological polar surface area (TPSA) is 192 Å². The van der Waals surface area contributed by atoms with Gasteiger partial charge in [0.05, 0.1) is 24.7 Å². The summed E-state index contributed by atoms with van der Waals surface area (Å²) in [6.45, 7) is 7.39. The molecule has 1 amide bonds. The van der Waals surface area contributed by atoms with E-state index in [-0.39, 0.29) is 23.1 Å². The third-order valence-electron chi connectivity index (χ3n) is 7.50. The van der Waals surface area contributed by atoms with Crippen LogP contribution in [-0.4, -0.2) is 88.2 Å². The van der Waals surface area contributed by atoms with Crippen LogP contribution in [0, 0.1) is 0 Å². The SMILES string of the molecule is C=CC(=O)Nc1cccc(-n2c(=O)c(-c3ccccc3)nc3cnc(Nc4ccc(N5CCN(C)CC5)cc4OC)nc32)c1.O=S(=O)(O)O. The van der Waals surface area contributed by atoms with Crippen molar-refractivity contribution in [2.24, 2.45) is 0 Å². The summed E-state index contributed by atoms with van der Waals surface area (Å²) in [6.07, 6.45) is 2.77. The molecule has 3 aromatic carbocycles. The van der Waals surface area contributed by atoms with Gasteiger partial charge < -0.3 is 25.2 Å². The van der Waals surface area contributed by atoms with Crippen molar-refractivity contribution in [1.29, 1.82) is 0 Å². The second kappa shape index (κ2) is 15.0. The van der Waals surface area contributed by atoms with E-state index in [9.17, 15) is 9.59 Å². The number of nitrogens with one attached hydrogen (secondary N) is 2. The number of methoxy groups -OCH3 is 1. The molecule has 16 heteroatoms. The zero-order valence-corrected chi connectivity index (χ0v) is 27.5. The first-order valence-electron chi connectivity index (χ1n) is 14.9. The lowest BCUT2D eigenvalue weighted by Gasteiger charge is -2.34. The summed E-state index contributed by atoms with van der Waals surface area (Å²) in [4.78, 5) is 44.6. The Labute approximate surface area is 282 Å². The maximum atomic E-state index is 14.0. The van der Waals surface area contributed by atoms with Gasteiger partial charge >= 0.3 is 10.4 Å². The fourth-order valence-electron chi connectivity index (χ4n) is 5.15. The molecule has 2 aromatic heterocycles. The molecule has 254 valence electrons. The van der Waals surface area contributed by atoms with Crippen molar-refractivity contribution in [2.75, 3.05) is 55.9 Å². The molecule has 49 heavy (non-hydrogen) atoms. The third-order valence-corrected chi connectivity index (χ3v) is 7.50. The van der Waals surface area contributed by atoms with Crippen molar-refractivity contribution < 1.29 is 27.1 Å². The zero-order valence-electron chi connectivity index (χ0n) is 26.6. The van der Waals surface area contributed by atoms with E-state index in [1.807, 2.05) is 48.5 Å². The van der Waals surface area contributed by atoms with Gasteiger partial charge in [-0.3, -0.25) is 23.3 Å². The molecule has 1 fully saturated rings. The molecule has 5 aromatic rings. The molecule has 0 atom stereocenters. The summed E-state index contributed by atoms with van der Waals surface area (Å²) in [6, 6.07) is 22.2. The molecular formula is C33H34N8O7S. The first-order chi connectivity index (χ1) is 23.4. The largest absolute Gasteiger partial charge is 0.494 e. The Kier molecular flexibility index (Phi) is 10.6. The Hall–Kier alpha value is -5.68. The number of rotatable bonds is 8. The van der Waals surface area contributed by atoms with Crippen LogP contribution in [0.3, 0.4) is 0 Å². The van der Waals surface area contributed by atoms with Crippen LogP contribution < -0.4 is 25.8 Å². The van der Waals surface area contributed by atoms with Crippen LogP contribution in [0.5, 0.6) is 5.75 Å². The van der Waals surface area contributed by atoms with E-state index in [2.05, 4.69) is 44.0 Å². The quantitative estimate of drug-likeness (QED) is 0.136. The molecular weight excluding hydrogens is 652 g/mol. The second-order valence-corrected chi connectivity index (χ2v) is 11.8. The summed E-state index contributed by atoms with van der Waals surface area (Å²) in [5.41, 5.74) is 4.04. The molecule has 15 nitrogen and oxygen atoms in total. The zero-order chi connectivity index (χ0) is 35.1. The molecule has 1 aliphatic rings. The van der Waals surface area contributed by atoms with Crippen LogP contribution in [0.1, 0.15) is 0 Å². The highest BCUT2D eigenvalue weighted by molar-refractivity contribution is 7.79. The molecule has 0 aliphatic carbocycles. The van der Waals surface area contributed by atoms with Gasteiger partial charge in [-0.15, -0.1) is 0 Å². The van der Waals surface area contributed by atoms with Crippen molar-refractivity contribution in [3.63, 3.8) is 0 Å². The normalized spacial score (nSPS) is 13.3. The highest BCUT2D eigenvalue weighted by Gasteiger charge is 2.19. The van der Waals surface area contributed by atoms with E-state index in [1.165, 1.54) is 10.6 Å². The second-order valence-electron chi connectivity index (χ2n) is 10.9. The number of amides is 1. The number of anilines is 4. The van der Waals surface area contributed by atoms with Gasteiger partial charge in [0.25, 0.3) is 5.56 Å². The number of fused-ring (bicyclic) bond motifs is 1. The first kappa shape index (κ1) is 34.6. The number of hydrogen-bond acceptors (Lipinski definition) is 11. The van der Waals surface area contributed by atoms with Gasteiger partial charge in [0, 0.05) is 49.2 Å². The van der Waals surface area contributed by atoms with Crippen LogP contribution in [-0.2, 0) is 15.2 Å². The van der Waals surface area contributed by atoms with E-state index in [1.54, 1.807) is 37.6 Å². The predicted octanol–water partition coefficient (Wildman–Crippen LogP) is 3.82. The van der Waals surface area contributed by atoms with Gasteiger partial charge in [-0.2, -0.15) is 13.4 Å². The summed E-state index contributed by atoms with van der Waals surface area (Å²) < 4.78 is 38.8. The number of piperazine rings is 1. The van der Waals surface area contributed by atoms with Crippen LogP contribution in [0.25, 0.3) is 28.1 Å². The Bertz CT molecular complexity index is 2140. The number of nitrogens with zero attached hydrogens (tertiary/aromatic N) is 6. The molecule has 6 rings (SSSR count). The van der Waals surface area contributed by atoms with Crippen molar-refractivity contribution in [3.05, 3.63) is 102 Å². The van der Waals surface area contributed by atoms with Gasteiger partial charge in [-0.25, -0.2) is 9.97 Å². The first-order valence-corrected chi connectivity index (χ1v) is 16.3. The van der Waals surface area contributed by atoms with Crippen LogP contribution in [0.2, 0.25) is 0 Å². The number of carbonyl (C=O) groups is 1. The minimum atomic E-state index is -4.67. The van der Waals surface area contributed by atoms with Crippen LogP contribution in [0.15, 0.2) is 96.4 Å². The fourth-order valence-corrected chi connectivity index (χ4v) is 5.15. The molecule has 0 unspecified atom stereocenters. The Balaban J connectivity index is 0.000000874. The maximum absolute atomic E-state index is 14.0. The highest BCUT2D eigenvalue weighted by Crippen LogP contribution is 2.32. The van der Waals surface area contributed by atoms with Gasteiger partial charge in [0.1, 0.15) is 17.0 Å². The summed E-state index contributed by atoms with van der Waals surface area (Å²) >= 11 is 0. The molecule has 0 radical (unpaired) electrons. The van der Waals surface area contributed by atoms with Crippen molar-refractivity contribution in [3.8, 4) is 22.7 Å². The summed E-state index contributed by atoms with van der Waals surface area (Å²) in [7, 11) is -0.913.